The molecule has 5 nitrogen and oxygen atoms in total. The summed E-state index contributed by atoms with van der Waals surface area (Å²) < 4.78 is 5.09. The smallest absolute Gasteiger partial charge is 0.423 e. The summed E-state index contributed by atoms with van der Waals surface area (Å²) in [6.07, 6.45) is 0.624. The van der Waals surface area contributed by atoms with E-state index in [1.807, 2.05) is 0 Å². The molecule has 1 aliphatic rings. The van der Waals surface area contributed by atoms with Gasteiger partial charge in [0.25, 0.3) is 5.91 Å². The number of fused-ring (bicyclic) bond motifs is 1. The van der Waals surface area contributed by atoms with Crippen LogP contribution in [0.15, 0.2) is 12.1 Å². The zero-order chi connectivity index (χ0) is 12.4. The van der Waals surface area contributed by atoms with Crippen LogP contribution >= 0.6 is 0 Å². The molecule has 6 heteroatoms. The van der Waals surface area contributed by atoms with Crippen molar-refractivity contribution in [3.05, 3.63) is 28.8 Å². The lowest BCUT2D eigenvalue weighted by atomic mass is 9.75. The molecule has 88 valence electrons. The molecule has 0 bridgehead atoms. The standard InChI is InChI=1S/C11H12BNO4/c1-7-9(11(15)13-4-5-14)3-2-8-6-17-12(16)10(7)8/h2-3,5,16H,4,6H2,1H3,(H,13,15). The molecular formula is C11H12BNO4. The lowest BCUT2D eigenvalue weighted by Gasteiger charge is -2.09. The average molecular weight is 233 g/mol. The van der Waals surface area contributed by atoms with Gasteiger partial charge in [0.05, 0.1) is 13.2 Å². The van der Waals surface area contributed by atoms with Crippen LogP contribution in [-0.2, 0) is 16.1 Å². The van der Waals surface area contributed by atoms with Gasteiger partial charge in [0.1, 0.15) is 6.29 Å². The molecule has 1 aromatic carbocycles. The van der Waals surface area contributed by atoms with Crippen molar-refractivity contribution in [2.24, 2.45) is 0 Å². The van der Waals surface area contributed by atoms with Gasteiger partial charge in [-0.25, -0.2) is 0 Å². The van der Waals surface area contributed by atoms with E-state index in [0.29, 0.717) is 29.5 Å². The number of aldehydes is 1. The molecule has 0 radical (unpaired) electrons. The van der Waals surface area contributed by atoms with Gasteiger partial charge in [-0.2, -0.15) is 0 Å². The fourth-order valence-electron chi connectivity index (χ4n) is 1.98. The number of carbonyl (C=O) groups is 2. The fourth-order valence-corrected chi connectivity index (χ4v) is 1.98. The first-order valence-electron chi connectivity index (χ1n) is 5.29. The van der Waals surface area contributed by atoms with Crippen molar-refractivity contribution in [2.45, 2.75) is 13.5 Å². The minimum Gasteiger partial charge on any atom is -0.423 e. The maximum atomic E-state index is 11.7. The van der Waals surface area contributed by atoms with Crippen molar-refractivity contribution >= 4 is 24.8 Å². The summed E-state index contributed by atoms with van der Waals surface area (Å²) >= 11 is 0. The van der Waals surface area contributed by atoms with Crippen LogP contribution in [0.1, 0.15) is 21.5 Å². The highest BCUT2D eigenvalue weighted by atomic mass is 16.5. The Morgan fingerprint density at radius 1 is 1.65 bits per heavy atom. The van der Waals surface area contributed by atoms with E-state index >= 15 is 0 Å². The number of benzene rings is 1. The largest absolute Gasteiger partial charge is 0.492 e. The summed E-state index contributed by atoms with van der Waals surface area (Å²) in [5.41, 5.74) is 2.69. The Balaban J connectivity index is 2.34. The molecule has 17 heavy (non-hydrogen) atoms. The Hall–Kier alpha value is -1.66. The van der Waals surface area contributed by atoms with Gasteiger partial charge in [-0.1, -0.05) is 6.07 Å². The van der Waals surface area contributed by atoms with E-state index in [0.717, 1.165) is 5.56 Å². The van der Waals surface area contributed by atoms with Crippen molar-refractivity contribution in [1.82, 2.24) is 5.32 Å². The summed E-state index contributed by atoms with van der Waals surface area (Å²) in [5, 5.41) is 12.1. The van der Waals surface area contributed by atoms with Crippen LogP contribution in [0.5, 0.6) is 0 Å². The summed E-state index contributed by atoms with van der Waals surface area (Å²) in [7, 11) is -0.969. The number of hydrogen-bond donors (Lipinski definition) is 2. The van der Waals surface area contributed by atoms with Crippen LogP contribution in [-0.4, -0.2) is 30.9 Å². The molecule has 2 rings (SSSR count). The third-order valence-electron chi connectivity index (χ3n) is 2.84. The van der Waals surface area contributed by atoms with Crippen LogP contribution in [0.4, 0.5) is 0 Å². The Morgan fingerprint density at radius 3 is 3.12 bits per heavy atom. The topological polar surface area (TPSA) is 75.6 Å². The van der Waals surface area contributed by atoms with Crippen LogP contribution in [0.25, 0.3) is 0 Å². The number of hydrogen-bond acceptors (Lipinski definition) is 4. The van der Waals surface area contributed by atoms with E-state index in [1.165, 1.54) is 0 Å². The van der Waals surface area contributed by atoms with Gasteiger partial charge >= 0.3 is 7.12 Å². The van der Waals surface area contributed by atoms with Crippen LogP contribution in [0.2, 0.25) is 0 Å². The zero-order valence-corrected chi connectivity index (χ0v) is 9.40. The average Bonchev–Trinajstić information content (AvgIpc) is 2.69. The number of carbonyl (C=O) groups excluding carboxylic acids is 2. The lowest BCUT2D eigenvalue weighted by molar-refractivity contribution is -0.107. The van der Waals surface area contributed by atoms with E-state index in [4.69, 9.17) is 4.65 Å². The Morgan fingerprint density at radius 2 is 2.41 bits per heavy atom. The van der Waals surface area contributed by atoms with E-state index in [-0.39, 0.29) is 12.5 Å². The minimum absolute atomic E-state index is 0.0194. The normalized spacial score (nSPS) is 13.4. The quantitative estimate of drug-likeness (QED) is 0.526. The van der Waals surface area contributed by atoms with Crippen LogP contribution in [0, 0.1) is 6.92 Å². The number of amides is 1. The molecule has 1 heterocycles. The highest BCUT2D eigenvalue weighted by Gasteiger charge is 2.30. The molecule has 2 N–H and O–H groups in total. The number of nitrogens with one attached hydrogen (secondary N) is 1. The lowest BCUT2D eigenvalue weighted by Crippen LogP contribution is -2.34. The molecule has 0 unspecified atom stereocenters. The first-order valence-corrected chi connectivity index (χ1v) is 5.29. The predicted molar refractivity (Wildman–Crippen MR) is 62.0 cm³/mol. The van der Waals surface area contributed by atoms with Crippen molar-refractivity contribution in [1.29, 1.82) is 0 Å². The van der Waals surface area contributed by atoms with Gasteiger partial charge in [-0.3, -0.25) is 4.79 Å². The van der Waals surface area contributed by atoms with Crippen molar-refractivity contribution in [3.8, 4) is 0 Å². The van der Waals surface area contributed by atoms with Gasteiger partial charge in [-0.15, -0.1) is 0 Å². The molecule has 0 fully saturated rings. The maximum absolute atomic E-state index is 11.7. The molecule has 0 spiro atoms. The first-order chi connectivity index (χ1) is 8.15. The predicted octanol–water partition coefficient (Wildman–Crippen LogP) is -0.859. The summed E-state index contributed by atoms with van der Waals surface area (Å²) in [4.78, 5) is 21.9. The molecular weight excluding hydrogens is 221 g/mol. The number of rotatable bonds is 3. The summed E-state index contributed by atoms with van der Waals surface area (Å²) in [6, 6.07) is 3.43. The van der Waals surface area contributed by atoms with Gasteiger partial charge in [-0.05, 0) is 29.6 Å². The second-order valence-corrected chi connectivity index (χ2v) is 3.85. The third kappa shape index (κ3) is 2.09. The second-order valence-electron chi connectivity index (χ2n) is 3.85. The highest BCUT2D eigenvalue weighted by molar-refractivity contribution is 6.62. The van der Waals surface area contributed by atoms with Crippen molar-refractivity contribution < 1.29 is 19.3 Å². The molecule has 1 amide bonds. The first kappa shape index (κ1) is 11.8. The van der Waals surface area contributed by atoms with E-state index < -0.39 is 7.12 Å². The minimum atomic E-state index is -0.969. The van der Waals surface area contributed by atoms with Crippen LogP contribution < -0.4 is 10.8 Å². The van der Waals surface area contributed by atoms with Crippen molar-refractivity contribution in [2.75, 3.05) is 6.54 Å². The van der Waals surface area contributed by atoms with Crippen molar-refractivity contribution in [3.63, 3.8) is 0 Å². The third-order valence-corrected chi connectivity index (χ3v) is 2.84. The summed E-state index contributed by atoms with van der Waals surface area (Å²) in [5.74, 6) is -0.323. The Kier molecular flexibility index (Phi) is 3.26. The van der Waals surface area contributed by atoms with Gasteiger partial charge < -0.3 is 19.8 Å². The van der Waals surface area contributed by atoms with E-state index in [9.17, 15) is 14.6 Å². The molecule has 1 aliphatic heterocycles. The fraction of sp³-hybridized carbons (Fsp3) is 0.273. The Labute approximate surface area is 98.9 Å². The van der Waals surface area contributed by atoms with Gasteiger partial charge in [0.15, 0.2) is 0 Å². The Bertz CT molecular complexity index is 475. The SMILES string of the molecule is Cc1c(C(=O)NCC=O)ccc2c1B(O)OC2. The molecule has 0 atom stereocenters. The van der Waals surface area contributed by atoms with E-state index in [2.05, 4.69) is 5.32 Å². The molecule has 1 aromatic rings. The second kappa shape index (κ2) is 4.69. The van der Waals surface area contributed by atoms with E-state index in [1.54, 1.807) is 19.1 Å². The van der Waals surface area contributed by atoms with Crippen LogP contribution in [0.3, 0.4) is 0 Å². The summed E-state index contributed by atoms with van der Waals surface area (Å²) in [6.45, 7) is 2.09. The van der Waals surface area contributed by atoms with Gasteiger partial charge in [0, 0.05) is 5.56 Å². The molecule has 0 aromatic heterocycles. The monoisotopic (exact) mass is 233 g/mol. The maximum Gasteiger partial charge on any atom is 0.492 e. The zero-order valence-electron chi connectivity index (χ0n) is 9.40. The molecule has 0 saturated carbocycles. The van der Waals surface area contributed by atoms with Gasteiger partial charge in [0.2, 0.25) is 0 Å². The molecule has 0 saturated heterocycles. The highest BCUT2D eigenvalue weighted by Crippen LogP contribution is 2.16. The molecule has 0 aliphatic carbocycles.